The van der Waals surface area contributed by atoms with Crippen molar-refractivity contribution in [1.82, 2.24) is 20.2 Å². The lowest BCUT2D eigenvalue weighted by Gasteiger charge is -2.05. The Balaban J connectivity index is 1.89. The molecule has 0 aliphatic heterocycles. The van der Waals surface area contributed by atoms with E-state index in [0.29, 0.717) is 5.69 Å². The Morgan fingerprint density at radius 1 is 1.09 bits per heavy atom. The molecule has 0 bridgehead atoms. The van der Waals surface area contributed by atoms with Crippen molar-refractivity contribution < 1.29 is 5.11 Å². The van der Waals surface area contributed by atoms with Crippen LogP contribution in [0, 0.1) is 0 Å². The Morgan fingerprint density at radius 2 is 2.00 bits per heavy atom. The number of phenolic OH excluding ortho intramolecular Hbond substituents is 1. The van der Waals surface area contributed by atoms with Crippen LogP contribution in [0.15, 0.2) is 48.9 Å². The van der Waals surface area contributed by atoms with E-state index >= 15 is 0 Å². The van der Waals surface area contributed by atoms with Crippen molar-refractivity contribution >= 4 is 16.7 Å². The number of rotatable bonds is 2. The maximum atomic E-state index is 9.54. The van der Waals surface area contributed by atoms with E-state index in [2.05, 4.69) is 20.2 Å². The number of aromatic nitrogens is 4. The fourth-order valence-electron chi connectivity index (χ4n) is 2.52. The predicted molar refractivity (Wildman–Crippen MR) is 85.2 cm³/mol. The number of benzene rings is 1. The van der Waals surface area contributed by atoms with Crippen LogP contribution in [0.2, 0.25) is 0 Å². The molecule has 108 valence electrons. The minimum absolute atomic E-state index is 0.0811. The molecule has 0 saturated heterocycles. The summed E-state index contributed by atoms with van der Waals surface area (Å²) in [6.45, 7) is 0. The van der Waals surface area contributed by atoms with Gasteiger partial charge in [-0.1, -0.05) is 6.07 Å². The van der Waals surface area contributed by atoms with Crippen molar-refractivity contribution in [1.29, 1.82) is 0 Å². The quantitative estimate of drug-likeness (QED) is 0.337. The number of aromatic hydroxyl groups is 1. The number of fused-ring (bicyclic) bond motifs is 1. The molecule has 0 aliphatic carbocycles. The molecule has 4 rings (SSSR count). The predicted octanol–water partition coefficient (Wildman–Crippen LogP) is 2.91. The Kier molecular flexibility index (Phi) is 2.62. The number of nitrogens with one attached hydrogen (secondary N) is 2. The Hall–Kier alpha value is -3.28. The van der Waals surface area contributed by atoms with E-state index < -0.39 is 0 Å². The third-order valence-electron chi connectivity index (χ3n) is 3.68. The minimum Gasteiger partial charge on any atom is -0.506 e. The minimum atomic E-state index is 0.0811. The van der Waals surface area contributed by atoms with Gasteiger partial charge in [0.15, 0.2) is 0 Å². The van der Waals surface area contributed by atoms with Crippen LogP contribution in [-0.4, -0.2) is 25.3 Å². The first kappa shape index (κ1) is 12.5. The standard InChI is InChI=1S/C16H13N5O/c17-13-6-9(1-2-15(13)22)10-5-11-12(14-3-4-20-21-14)8-19-16(11)18-7-10/h1-8,22H,17H2,(H,18,19)(H,20,21). The van der Waals surface area contributed by atoms with E-state index in [1.165, 1.54) is 0 Å². The number of hydrogen-bond acceptors (Lipinski definition) is 4. The fourth-order valence-corrected chi connectivity index (χ4v) is 2.52. The second kappa shape index (κ2) is 4.63. The summed E-state index contributed by atoms with van der Waals surface area (Å²) in [6.07, 6.45) is 5.40. The van der Waals surface area contributed by atoms with E-state index in [1.807, 2.05) is 24.4 Å². The molecule has 0 amide bonds. The summed E-state index contributed by atoms with van der Waals surface area (Å²) in [4.78, 5) is 7.60. The first-order valence-electron chi connectivity index (χ1n) is 6.78. The van der Waals surface area contributed by atoms with Gasteiger partial charge in [0.2, 0.25) is 0 Å². The first-order valence-corrected chi connectivity index (χ1v) is 6.78. The molecule has 0 spiro atoms. The lowest BCUT2D eigenvalue weighted by molar-refractivity contribution is 0.478. The zero-order valence-corrected chi connectivity index (χ0v) is 11.5. The van der Waals surface area contributed by atoms with Gasteiger partial charge in [-0.15, -0.1) is 0 Å². The topological polar surface area (TPSA) is 104 Å². The van der Waals surface area contributed by atoms with Crippen LogP contribution in [0.4, 0.5) is 5.69 Å². The molecule has 0 fully saturated rings. The Morgan fingerprint density at radius 3 is 2.77 bits per heavy atom. The number of nitrogens with zero attached hydrogens (tertiary/aromatic N) is 2. The van der Waals surface area contributed by atoms with Gasteiger partial charge in [-0.2, -0.15) is 5.10 Å². The zero-order chi connectivity index (χ0) is 15.1. The van der Waals surface area contributed by atoms with E-state index in [1.54, 1.807) is 24.5 Å². The molecule has 0 atom stereocenters. The third-order valence-corrected chi connectivity index (χ3v) is 3.68. The fraction of sp³-hybridized carbons (Fsp3) is 0. The van der Waals surface area contributed by atoms with Crippen molar-refractivity contribution in [3.05, 3.63) is 48.9 Å². The number of nitrogens with two attached hydrogens (primary N) is 1. The smallest absolute Gasteiger partial charge is 0.138 e. The lowest BCUT2D eigenvalue weighted by Crippen LogP contribution is -1.88. The summed E-state index contributed by atoms with van der Waals surface area (Å²) in [6, 6.07) is 9.09. The van der Waals surface area contributed by atoms with Gasteiger partial charge in [-0.25, -0.2) is 4.98 Å². The SMILES string of the molecule is Nc1cc(-c2cnc3[nH]cc(-c4ccn[nH]4)c3c2)ccc1O. The van der Waals surface area contributed by atoms with Crippen LogP contribution >= 0.6 is 0 Å². The number of pyridine rings is 1. The van der Waals surface area contributed by atoms with Gasteiger partial charge in [0.05, 0.1) is 11.4 Å². The van der Waals surface area contributed by atoms with Gasteiger partial charge in [-0.3, -0.25) is 5.10 Å². The summed E-state index contributed by atoms with van der Waals surface area (Å²) < 4.78 is 0. The largest absolute Gasteiger partial charge is 0.506 e. The molecule has 0 radical (unpaired) electrons. The van der Waals surface area contributed by atoms with Gasteiger partial charge in [0, 0.05) is 35.1 Å². The average molecular weight is 291 g/mol. The van der Waals surface area contributed by atoms with Crippen molar-refractivity contribution in [3.8, 4) is 28.1 Å². The highest BCUT2D eigenvalue weighted by atomic mass is 16.3. The maximum Gasteiger partial charge on any atom is 0.138 e. The highest BCUT2D eigenvalue weighted by Crippen LogP contribution is 2.32. The normalized spacial score (nSPS) is 11.1. The zero-order valence-electron chi connectivity index (χ0n) is 11.5. The van der Waals surface area contributed by atoms with Crippen molar-refractivity contribution in [3.63, 3.8) is 0 Å². The van der Waals surface area contributed by atoms with E-state index in [-0.39, 0.29) is 5.75 Å². The van der Waals surface area contributed by atoms with Gasteiger partial charge in [0.1, 0.15) is 11.4 Å². The van der Waals surface area contributed by atoms with Gasteiger partial charge >= 0.3 is 0 Å². The number of nitrogen functional groups attached to an aromatic ring is 1. The molecule has 6 nitrogen and oxygen atoms in total. The van der Waals surface area contributed by atoms with E-state index in [4.69, 9.17) is 5.73 Å². The first-order chi connectivity index (χ1) is 10.7. The van der Waals surface area contributed by atoms with Crippen molar-refractivity contribution in [2.75, 3.05) is 5.73 Å². The van der Waals surface area contributed by atoms with Crippen LogP contribution in [0.25, 0.3) is 33.4 Å². The summed E-state index contributed by atoms with van der Waals surface area (Å²) in [7, 11) is 0. The highest BCUT2D eigenvalue weighted by molar-refractivity contribution is 5.95. The van der Waals surface area contributed by atoms with Crippen LogP contribution in [-0.2, 0) is 0 Å². The number of anilines is 1. The van der Waals surface area contributed by atoms with Gasteiger partial charge in [-0.05, 0) is 29.8 Å². The highest BCUT2D eigenvalue weighted by Gasteiger charge is 2.10. The summed E-state index contributed by atoms with van der Waals surface area (Å²) in [5, 5.41) is 17.5. The molecule has 0 aliphatic rings. The Bertz CT molecular complexity index is 956. The lowest BCUT2D eigenvalue weighted by atomic mass is 10.0. The monoisotopic (exact) mass is 291 g/mol. The summed E-state index contributed by atoms with van der Waals surface area (Å²) in [5.74, 6) is 0.0811. The number of phenols is 1. The van der Waals surface area contributed by atoms with Crippen LogP contribution < -0.4 is 5.73 Å². The molecule has 0 saturated carbocycles. The molecule has 3 aromatic heterocycles. The van der Waals surface area contributed by atoms with Crippen LogP contribution in [0.1, 0.15) is 0 Å². The van der Waals surface area contributed by atoms with Crippen molar-refractivity contribution in [2.24, 2.45) is 0 Å². The maximum absolute atomic E-state index is 9.54. The second-order valence-corrected chi connectivity index (χ2v) is 5.07. The molecular formula is C16H13N5O. The number of H-pyrrole nitrogens is 2. The molecule has 22 heavy (non-hydrogen) atoms. The Labute approximate surface area is 125 Å². The summed E-state index contributed by atoms with van der Waals surface area (Å²) in [5.41, 5.74) is 10.7. The molecule has 0 unspecified atom stereocenters. The second-order valence-electron chi connectivity index (χ2n) is 5.07. The third kappa shape index (κ3) is 1.89. The van der Waals surface area contributed by atoms with E-state index in [9.17, 15) is 5.11 Å². The number of aromatic amines is 2. The van der Waals surface area contributed by atoms with Gasteiger partial charge < -0.3 is 15.8 Å². The molecule has 1 aromatic carbocycles. The molecule has 6 heteroatoms. The molecule has 4 aromatic rings. The molecule has 3 heterocycles. The van der Waals surface area contributed by atoms with Crippen molar-refractivity contribution in [2.45, 2.75) is 0 Å². The van der Waals surface area contributed by atoms with Gasteiger partial charge in [0.25, 0.3) is 0 Å². The molecular weight excluding hydrogens is 278 g/mol. The number of hydrogen-bond donors (Lipinski definition) is 4. The molecule has 5 N–H and O–H groups in total. The van der Waals surface area contributed by atoms with Crippen LogP contribution in [0.5, 0.6) is 5.75 Å². The average Bonchev–Trinajstić information content (AvgIpc) is 3.17. The van der Waals surface area contributed by atoms with Crippen LogP contribution in [0.3, 0.4) is 0 Å². The summed E-state index contributed by atoms with van der Waals surface area (Å²) >= 11 is 0. The van der Waals surface area contributed by atoms with E-state index in [0.717, 1.165) is 33.4 Å².